The van der Waals surface area contributed by atoms with E-state index in [4.69, 9.17) is 4.74 Å². The number of aryl methyl sites for hydroxylation is 1. The average Bonchev–Trinajstić information content (AvgIpc) is 2.85. The van der Waals surface area contributed by atoms with Crippen LogP contribution in [0.3, 0.4) is 0 Å². The highest BCUT2D eigenvalue weighted by Gasteiger charge is 2.29. The molecule has 0 atom stereocenters. The maximum Gasteiger partial charge on any atom is 0.252 e. The second kappa shape index (κ2) is 7.76. The van der Waals surface area contributed by atoms with Crippen molar-refractivity contribution < 1.29 is 14.3 Å². The van der Waals surface area contributed by atoms with Crippen LogP contribution in [0.2, 0.25) is 0 Å². The van der Waals surface area contributed by atoms with E-state index in [0.717, 1.165) is 17.0 Å². The minimum absolute atomic E-state index is 0.0247. The molecule has 0 aliphatic carbocycles. The molecular formula is C18H21N3O3S. The third-order valence-corrected chi connectivity index (χ3v) is 5.16. The number of hydrogen-bond acceptors (Lipinski definition) is 5. The minimum Gasteiger partial charge on any atom is -0.365 e. The first-order valence-corrected chi connectivity index (χ1v) is 9.00. The Labute approximate surface area is 150 Å². The number of nitrogens with zero attached hydrogens (tertiary/aromatic N) is 2. The maximum absolute atomic E-state index is 12.0. The normalized spacial score (nSPS) is 14.2. The van der Waals surface area contributed by atoms with Gasteiger partial charge in [0.2, 0.25) is 5.91 Å². The molecule has 3 rings (SSSR count). The topological polar surface area (TPSA) is 71.5 Å². The van der Waals surface area contributed by atoms with Gasteiger partial charge in [0.05, 0.1) is 11.8 Å². The summed E-state index contributed by atoms with van der Waals surface area (Å²) in [5, 5.41) is 3.38. The van der Waals surface area contributed by atoms with Crippen molar-refractivity contribution in [2.45, 2.75) is 26.4 Å². The highest BCUT2D eigenvalue weighted by atomic mass is 32.1. The van der Waals surface area contributed by atoms with Crippen molar-refractivity contribution >= 4 is 28.3 Å². The van der Waals surface area contributed by atoms with Gasteiger partial charge in [-0.25, -0.2) is 4.98 Å². The Morgan fingerprint density at radius 3 is 2.72 bits per heavy atom. The first-order valence-electron chi connectivity index (χ1n) is 8.18. The van der Waals surface area contributed by atoms with E-state index in [1.165, 1.54) is 23.8 Å². The Bertz CT molecular complexity index is 754. The number of ether oxygens (including phenoxy) is 1. The molecule has 1 N–H and O–H groups in total. The molecule has 1 aliphatic rings. The molecular weight excluding hydrogens is 338 g/mol. The third kappa shape index (κ3) is 4.64. The van der Waals surface area contributed by atoms with Gasteiger partial charge in [-0.1, -0.05) is 30.3 Å². The molecule has 2 aromatic rings. The van der Waals surface area contributed by atoms with E-state index < -0.39 is 0 Å². The fraction of sp³-hybridized carbons (Fsp3) is 0.389. The third-order valence-electron chi connectivity index (χ3n) is 4.09. The summed E-state index contributed by atoms with van der Waals surface area (Å²) in [5.41, 5.74) is 2.15. The van der Waals surface area contributed by atoms with Gasteiger partial charge >= 0.3 is 0 Å². The number of hydrogen-bond donors (Lipinski definition) is 1. The lowest BCUT2D eigenvalue weighted by Gasteiger charge is -2.37. The zero-order chi connectivity index (χ0) is 17.8. The molecule has 0 radical (unpaired) electrons. The summed E-state index contributed by atoms with van der Waals surface area (Å²) < 4.78 is 5.50. The van der Waals surface area contributed by atoms with Gasteiger partial charge in [-0.2, -0.15) is 0 Å². The largest absolute Gasteiger partial charge is 0.365 e. The molecule has 2 heterocycles. The van der Waals surface area contributed by atoms with E-state index in [1.807, 2.05) is 25.1 Å². The fourth-order valence-electron chi connectivity index (χ4n) is 2.58. The van der Waals surface area contributed by atoms with Gasteiger partial charge < -0.3 is 9.64 Å². The first kappa shape index (κ1) is 17.6. The van der Waals surface area contributed by atoms with Gasteiger partial charge in [-0.15, -0.1) is 11.3 Å². The van der Waals surface area contributed by atoms with Crippen LogP contribution < -0.4 is 5.32 Å². The summed E-state index contributed by atoms with van der Waals surface area (Å²) in [6, 6.07) is 10.2. The predicted octanol–water partition coefficient (Wildman–Crippen LogP) is 2.23. The van der Waals surface area contributed by atoms with E-state index in [0.29, 0.717) is 18.2 Å². The van der Waals surface area contributed by atoms with Crippen LogP contribution in [0.1, 0.15) is 23.1 Å². The molecule has 0 spiro atoms. The number of nitrogens with one attached hydrogen (secondary N) is 1. The molecule has 25 heavy (non-hydrogen) atoms. The summed E-state index contributed by atoms with van der Waals surface area (Å²) in [7, 11) is 0. The summed E-state index contributed by atoms with van der Waals surface area (Å²) >= 11 is 1.49. The Hall–Kier alpha value is -2.25. The average molecular weight is 359 g/mol. The zero-order valence-corrected chi connectivity index (χ0v) is 15.1. The van der Waals surface area contributed by atoms with E-state index in [1.54, 1.807) is 4.90 Å². The van der Waals surface area contributed by atoms with Crippen LogP contribution in [0.4, 0.5) is 5.13 Å². The molecule has 2 amide bonds. The smallest absolute Gasteiger partial charge is 0.252 e. The fourth-order valence-corrected chi connectivity index (χ4v) is 3.59. The summed E-state index contributed by atoms with van der Waals surface area (Å²) in [4.78, 5) is 30.3. The van der Waals surface area contributed by atoms with Crippen LogP contribution in [-0.2, 0) is 20.7 Å². The lowest BCUT2D eigenvalue weighted by Crippen LogP contribution is -2.54. The van der Waals surface area contributed by atoms with E-state index in [-0.39, 0.29) is 24.5 Å². The Kier molecular flexibility index (Phi) is 5.45. The molecule has 1 aromatic carbocycles. The van der Waals surface area contributed by atoms with E-state index in [9.17, 15) is 9.59 Å². The lowest BCUT2D eigenvalue weighted by atomic mass is 10.1. The van der Waals surface area contributed by atoms with Gasteiger partial charge in [-0.3, -0.25) is 14.9 Å². The maximum atomic E-state index is 12.0. The first-order chi connectivity index (χ1) is 12.0. The van der Waals surface area contributed by atoms with Crippen LogP contribution in [0.15, 0.2) is 30.3 Å². The quantitative estimate of drug-likeness (QED) is 0.858. The standard InChI is InChI=1S/C18H21N3O3S/c1-12-16(8-14-6-4-3-5-7-14)25-18(19-12)20-17(23)11-24-15-9-21(10-15)13(2)22/h3-7,15H,8-11H2,1-2H3,(H,19,20,23). The number of aromatic nitrogens is 1. The van der Waals surface area contributed by atoms with Crippen molar-refractivity contribution in [1.29, 1.82) is 0 Å². The number of carbonyl (C=O) groups excluding carboxylic acids is 2. The zero-order valence-electron chi connectivity index (χ0n) is 14.3. The van der Waals surface area contributed by atoms with Crippen molar-refractivity contribution in [3.8, 4) is 0 Å². The molecule has 0 unspecified atom stereocenters. The number of benzene rings is 1. The highest BCUT2D eigenvalue weighted by molar-refractivity contribution is 7.15. The van der Waals surface area contributed by atoms with Crippen LogP contribution in [0.5, 0.6) is 0 Å². The van der Waals surface area contributed by atoms with Gasteiger partial charge in [0.25, 0.3) is 5.91 Å². The Morgan fingerprint density at radius 1 is 1.32 bits per heavy atom. The van der Waals surface area contributed by atoms with Crippen molar-refractivity contribution in [3.63, 3.8) is 0 Å². The van der Waals surface area contributed by atoms with Crippen LogP contribution in [-0.4, -0.2) is 47.5 Å². The van der Waals surface area contributed by atoms with Crippen LogP contribution >= 0.6 is 11.3 Å². The molecule has 0 saturated carbocycles. The second-order valence-electron chi connectivity index (χ2n) is 6.10. The van der Waals surface area contributed by atoms with Crippen molar-refractivity contribution in [2.24, 2.45) is 0 Å². The molecule has 0 bridgehead atoms. The monoisotopic (exact) mass is 359 g/mol. The van der Waals surface area contributed by atoms with E-state index >= 15 is 0 Å². The summed E-state index contributed by atoms with van der Waals surface area (Å²) in [5.74, 6) is -0.185. The summed E-state index contributed by atoms with van der Waals surface area (Å²) in [6.07, 6.45) is 0.751. The Balaban J connectivity index is 1.47. The van der Waals surface area contributed by atoms with Gasteiger partial charge in [0.1, 0.15) is 6.61 Å². The number of rotatable bonds is 6. The molecule has 132 valence electrons. The van der Waals surface area contributed by atoms with Crippen LogP contribution in [0, 0.1) is 6.92 Å². The SMILES string of the molecule is CC(=O)N1CC(OCC(=O)Nc2nc(C)c(Cc3ccccc3)s2)C1. The van der Waals surface area contributed by atoms with Gasteiger partial charge in [0, 0.05) is 31.3 Å². The summed E-state index contributed by atoms with van der Waals surface area (Å²) in [6.45, 7) is 4.57. The van der Waals surface area contributed by atoms with Crippen molar-refractivity contribution in [3.05, 3.63) is 46.5 Å². The Morgan fingerprint density at radius 2 is 2.04 bits per heavy atom. The van der Waals surface area contributed by atoms with E-state index in [2.05, 4.69) is 22.4 Å². The van der Waals surface area contributed by atoms with Crippen LogP contribution in [0.25, 0.3) is 0 Å². The van der Waals surface area contributed by atoms with Crippen molar-refractivity contribution in [1.82, 2.24) is 9.88 Å². The minimum atomic E-state index is -0.221. The molecule has 1 saturated heterocycles. The number of amides is 2. The number of carbonyl (C=O) groups is 2. The molecule has 1 fully saturated rings. The highest BCUT2D eigenvalue weighted by Crippen LogP contribution is 2.25. The predicted molar refractivity (Wildman–Crippen MR) is 96.7 cm³/mol. The molecule has 6 nitrogen and oxygen atoms in total. The number of thiazole rings is 1. The molecule has 1 aromatic heterocycles. The second-order valence-corrected chi connectivity index (χ2v) is 7.18. The number of likely N-dealkylation sites (tertiary alicyclic amines) is 1. The van der Waals surface area contributed by atoms with Gasteiger partial charge in [-0.05, 0) is 12.5 Å². The number of anilines is 1. The molecule has 1 aliphatic heterocycles. The molecule has 7 heteroatoms. The lowest BCUT2D eigenvalue weighted by molar-refractivity contribution is -0.144. The van der Waals surface area contributed by atoms with Crippen molar-refractivity contribution in [2.75, 3.05) is 25.0 Å². The van der Waals surface area contributed by atoms with Gasteiger partial charge in [0.15, 0.2) is 5.13 Å².